The highest BCUT2D eigenvalue weighted by atomic mass is 19.1. The fourth-order valence-electron chi connectivity index (χ4n) is 3.06. The number of benzene rings is 2. The largest absolute Gasteiger partial charge is 0.374 e. The Balaban J connectivity index is 1.66. The van der Waals surface area contributed by atoms with Gasteiger partial charge in [-0.2, -0.15) is 0 Å². The lowest BCUT2D eigenvalue weighted by atomic mass is 10.1. The summed E-state index contributed by atoms with van der Waals surface area (Å²) >= 11 is 0. The molecule has 0 unspecified atom stereocenters. The van der Waals surface area contributed by atoms with E-state index in [-0.39, 0.29) is 17.6 Å². The predicted molar refractivity (Wildman–Crippen MR) is 101 cm³/mol. The molecule has 6 heteroatoms. The van der Waals surface area contributed by atoms with Gasteiger partial charge in [0.15, 0.2) is 0 Å². The molecule has 2 N–H and O–H groups in total. The molecular weight excluding hydrogens is 333 g/mol. The maximum atomic E-state index is 13.6. The Morgan fingerprint density at radius 3 is 2.58 bits per heavy atom. The lowest BCUT2D eigenvalue weighted by Crippen LogP contribution is -2.32. The number of anilines is 3. The van der Waals surface area contributed by atoms with Gasteiger partial charge in [0.1, 0.15) is 11.9 Å². The van der Waals surface area contributed by atoms with Crippen molar-refractivity contribution in [2.75, 3.05) is 22.1 Å². The first-order valence-electron chi connectivity index (χ1n) is 8.59. The van der Waals surface area contributed by atoms with Crippen LogP contribution in [0.2, 0.25) is 0 Å². The van der Waals surface area contributed by atoms with Crippen molar-refractivity contribution >= 4 is 28.9 Å². The van der Waals surface area contributed by atoms with Gasteiger partial charge in [-0.15, -0.1) is 0 Å². The smallest absolute Gasteiger partial charge is 0.246 e. The second-order valence-electron chi connectivity index (χ2n) is 6.58. The van der Waals surface area contributed by atoms with Crippen molar-refractivity contribution in [3.05, 3.63) is 53.3 Å². The molecule has 1 aliphatic rings. The number of carbonyl (C=O) groups is 2. The Morgan fingerprint density at radius 2 is 1.88 bits per heavy atom. The van der Waals surface area contributed by atoms with E-state index >= 15 is 0 Å². The van der Waals surface area contributed by atoms with Crippen LogP contribution in [0.25, 0.3) is 0 Å². The van der Waals surface area contributed by atoms with E-state index in [1.54, 1.807) is 37.8 Å². The first-order chi connectivity index (χ1) is 12.3. The van der Waals surface area contributed by atoms with Gasteiger partial charge >= 0.3 is 0 Å². The minimum absolute atomic E-state index is 0.0301. The lowest BCUT2D eigenvalue weighted by molar-refractivity contribution is -0.117. The molecular formula is C20H22FN3O2. The van der Waals surface area contributed by atoms with E-state index in [1.165, 1.54) is 6.07 Å². The fourth-order valence-corrected chi connectivity index (χ4v) is 3.06. The highest BCUT2D eigenvalue weighted by molar-refractivity contribution is 5.97. The van der Waals surface area contributed by atoms with Crippen molar-refractivity contribution in [1.29, 1.82) is 0 Å². The number of aryl methyl sites for hydroxylation is 1. The van der Waals surface area contributed by atoms with Crippen molar-refractivity contribution in [2.24, 2.45) is 0 Å². The molecule has 0 bridgehead atoms. The number of nitrogens with zero attached hydrogens (tertiary/aromatic N) is 1. The van der Waals surface area contributed by atoms with Crippen molar-refractivity contribution in [2.45, 2.75) is 33.2 Å². The maximum absolute atomic E-state index is 13.6. The van der Waals surface area contributed by atoms with E-state index in [2.05, 4.69) is 10.6 Å². The molecule has 136 valence electrons. The van der Waals surface area contributed by atoms with Crippen molar-refractivity contribution < 1.29 is 14.0 Å². The van der Waals surface area contributed by atoms with E-state index in [0.29, 0.717) is 17.8 Å². The zero-order valence-corrected chi connectivity index (χ0v) is 15.1. The Hall–Kier alpha value is -2.89. The highest BCUT2D eigenvalue weighted by Crippen LogP contribution is 2.30. The molecule has 0 saturated carbocycles. The second-order valence-corrected chi connectivity index (χ2v) is 6.58. The Bertz CT molecular complexity index is 866. The molecule has 2 aromatic rings. The van der Waals surface area contributed by atoms with Gasteiger partial charge in [-0.25, -0.2) is 4.39 Å². The summed E-state index contributed by atoms with van der Waals surface area (Å²) in [7, 11) is 0. The van der Waals surface area contributed by atoms with Gasteiger partial charge in [0.05, 0.1) is 0 Å². The molecule has 2 amide bonds. The molecule has 1 atom stereocenters. The number of nitrogens with one attached hydrogen (secondary N) is 2. The van der Waals surface area contributed by atoms with E-state index in [0.717, 1.165) is 23.4 Å². The summed E-state index contributed by atoms with van der Waals surface area (Å²) in [6.45, 7) is 5.66. The molecule has 0 fully saturated rings. The number of hydrogen-bond donors (Lipinski definition) is 2. The number of fused-ring (bicyclic) bond motifs is 1. The minimum Gasteiger partial charge on any atom is -0.374 e. The third-order valence-electron chi connectivity index (χ3n) is 4.57. The summed E-state index contributed by atoms with van der Waals surface area (Å²) in [6, 6.07) is 9.84. The van der Waals surface area contributed by atoms with Gasteiger partial charge in [0, 0.05) is 30.5 Å². The Labute approximate surface area is 152 Å². The maximum Gasteiger partial charge on any atom is 0.246 e. The first kappa shape index (κ1) is 17.9. The molecule has 3 rings (SSSR count). The highest BCUT2D eigenvalue weighted by Gasteiger charge is 2.22. The topological polar surface area (TPSA) is 61.4 Å². The normalized spacial score (nSPS) is 13.9. The summed E-state index contributed by atoms with van der Waals surface area (Å²) in [5, 5.41) is 5.86. The van der Waals surface area contributed by atoms with Crippen LogP contribution in [-0.4, -0.2) is 24.4 Å². The molecule has 0 spiro atoms. The third kappa shape index (κ3) is 3.69. The number of carbonyl (C=O) groups excluding carboxylic acids is 2. The standard InChI is InChI=1S/C20H22FN3O2/c1-12-4-5-17(11-18(12)21)23-20(26)13(2)22-16-6-7-19-15(10-16)8-9-24(19)14(3)25/h4-7,10-11,13,22H,8-9H2,1-3H3,(H,23,26)/t13-/m0/s1. The van der Waals surface area contributed by atoms with Crippen LogP contribution in [0.5, 0.6) is 0 Å². The number of halogens is 1. The zero-order chi connectivity index (χ0) is 18.8. The molecule has 0 aliphatic carbocycles. The number of hydrogen-bond acceptors (Lipinski definition) is 3. The van der Waals surface area contributed by atoms with Gasteiger partial charge in [0.25, 0.3) is 0 Å². The minimum atomic E-state index is -0.497. The van der Waals surface area contributed by atoms with Crippen LogP contribution in [0.1, 0.15) is 25.0 Å². The van der Waals surface area contributed by atoms with Crippen molar-refractivity contribution in [1.82, 2.24) is 0 Å². The average molecular weight is 355 g/mol. The Morgan fingerprint density at radius 1 is 1.15 bits per heavy atom. The molecule has 26 heavy (non-hydrogen) atoms. The van der Waals surface area contributed by atoms with E-state index in [9.17, 15) is 14.0 Å². The average Bonchev–Trinajstić information content (AvgIpc) is 3.01. The fraction of sp³-hybridized carbons (Fsp3) is 0.300. The molecule has 0 aromatic heterocycles. The zero-order valence-electron chi connectivity index (χ0n) is 15.1. The molecule has 0 saturated heterocycles. The number of rotatable bonds is 4. The predicted octanol–water partition coefficient (Wildman–Crippen LogP) is 3.48. The summed E-state index contributed by atoms with van der Waals surface area (Å²) < 4.78 is 13.6. The van der Waals surface area contributed by atoms with Crippen LogP contribution in [0.3, 0.4) is 0 Å². The van der Waals surface area contributed by atoms with E-state index in [1.807, 2.05) is 18.2 Å². The molecule has 5 nitrogen and oxygen atoms in total. The first-order valence-corrected chi connectivity index (χ1v) is 8.59. The summed E-state index contributed by atoms with van der Waals surface area (Å²) in [5.74, 6) is -0.571. The number of amides is 2. The quantitative estimate of drug-likeness (QED) is 0.883. The monoisotopic (exact) mass is 355 g/mol. The van der Waals surface area contributed by atoms with Gasteiger partial charge in [-0.05, 0) is 61.7 Å². The van der Waals surface area contributed by atoms with E-state index < -0.39 is 6.04 Å². The summed E-state index contributed by atoms with van der Waals surface area (Å²) in [5.41, 5.74) is 3.78. The third-order valence-corrected chi connectivity index (χ3v) is 4.57. The molecule has 1 aliphatic heterocycles. The SMILES string of the molecule is CC(=O)N1CCc2cc(N[C@@H](C)C(=O)Nc3ccc(C)c(F)c3)ccc21. The van der Waals surface area contributed by atoms with Crippen molar-refractivity contribution in [3.63, 3.8) is 0 Å². The van der Waals surface area contributed by atoms with Gasteiger partial charge in [-0.3, -0.25) is 9.59 Å². The van der Waals surface area contributed by atoms with Gasteiger partial charge < -0.3 is 15.5 Å². The molecule has 2 aromatic carbocycles. The second kappa shape index (κ2) is 7.15. The van der Waals surface area contributed by atoms with Crippen molar-refractivity contribution in [3.8, 4) is 0 Å². The van der Waals surface area contributed by atoms with Crippen LogP contribution < -0.4 is 15.5 Å². The molecule has 1 heterocycles. The van der Waals surface area contributed by atoms with Crippen LogP contribution in [-0.2, 0) is 16.0 Å². The van der Waals surface area contributed by atoms with Gasteiger partial charge in [-0.1, -0.05) is 6.07 Å². The molecule has 0 radical (unpaired) electrons. The van der Waals surface area contributed by atoms with E-state index in [4.69, 9.17) is 0 Å². The van der Waals surface area contributed by atoms with Crippen LogP contribution in [0.15, 0.2) is 36.4 Å². The van der Waals surface area contributed by atoms with Gasteiger partial charge in [0.2, 0.25) is 11.8 Å². The van der Waals surface area contributed by atoms with Crippen LogP contribution >= 0.6 is 0 Å². The summed E-state index contributed by atoms with van der Waals surface area (Å²) in [4.78, 5) is 25.7. The van der Waals surface area contributed by atoms with Crippen LogP contribution in [0.4, 0.5) is 21.5 Å². The Kier molecular flexibility index (Phi) is 4.93. The van der Waals surface area contributed by atoms with Crippen LogP contribution in [0, 0.1) is 12.7 Å². The lowest BCUT2D eigenvalue weighted by Gasteiger charge is -2.18. The summed E-state index contributed by atoms with van der Waals surface area (Å²) in [6.07, 6.45) is 0.799.